The number of nitrogens with zero attached hydrogens (tertiary/aromatic N) is 5. The maximum Gasteiger partial charge on any atom is 2.00 e. The minimum Gasteiger partial charge on any atom is -0.509 e. The van der Waals surface area contributed by atoms with Crippen LogP contribution in [0, 0.1) is 12.1 Å². The molecule has 0 radical (unpaired) electrons. The summed E-state index contributed by atoms with van der Waals surface area (Å²) in [5, 5.41) is 4.44. The monoisotopic (exact) mass is 1140 g/mol. The topological polar surface area (TPSA) is 38.0 Å². The van der Waals surface area contributed by atoms with Gasteiger partial charge in [0.2, 0.25) is 5.69 Å². The number of para-hydroxylation sites is 3. The van der Waals surface area contributed by atoms with Gasteiger partial charge in [-0.15, -0.1) is 23.6 Å². The minimum atomic E-state index is -0.444. The fraction of sp³-hybridized carbons (Fsp3) is 0.182. The quantitative estimate of drug-likeness (QED) is 0.118. The van der Waals surface area contributed by atoms with Crippen molar-refractivity contribution in [1.82, 2.24) is 23.3 Å². The molecule has 0 fully saturated rings. The minimum absolute atomic E-state index is 0. The van der Waals surface area contributed by atoms with Crippen LogP contribution in [0.1, 0.15) is 85.9 Å². The van der Waals surface area contributed by atoms with Gasteiger partial charge in [0.15, 0.2) is 0 Å². The Morgan fingerprint density at radius 3 is 1.88 bits per heavy atom. The van der Waals surface area contributed by atoms with Crippen LogP contribution in [0.4, 0.5) is 22.7 Å². The standard InChI is InChI=1S/C66H57N5O.Pt/c1-64(2,3)44-33-34-67-62(38-44)71-59-32-29-48(70-57-26-15-13-23-53(57)54-24-14-16-27-58(54)70)40-56(59)55-31-30-51(41-61(55)71)72-50-22-17-21-47(39-50)68-42-69(49-36-45(65(4,5)6)35-46(37-49)66(7,8)9)63-52(25-18-28-60(63)68)43-19-11-10-12-20-43;/h10-38,40H,1-9H3;/q;+2/i10D,11D,12D,19D,20D;. The van der Waals surface area contributed by atoms with Crippen molar-refractivity contribution in [3.05, 3.63) is 211 Å². The van der Waals surface area contributed by atoms with Gasteiger partial charge < -0.3 is 13.9 Å². The molecule has 11 aromatic rings. The molecule has 0 N–H and O–H groups in total. The molecule has 0 aliphatic carbocycles. The molecule has 0 amide bonds. The van der Waals surface area contributed by atoms with Gasteiger partial charge in [0.05, 0.1) is 23.5 Å². The average Bonchev–Trinajstić information content (AvgIpc) is 4.08. The van der Waals surface area contributed by atoms with Crippen LogP contribution in [0.25, 0.3) is 66.2 Å². The second-order valence-corrected chi connectivity index (χ2v) is 21.9. The fourth-order valence-electron chi connectivity index (χ4n) is 10.0. The second-order valence-electron chi connectivity index (χ2n) is 21.9. The van der Waals surface area contributed by atoms with Gasteiger partial charge in [0.1, 0.15) is 11.5 Å². The predicted octanol–water partition coefficient (Wildman–Crippen LogP) is 17.1. The SMILES string of the molecule is [2H]c1c([2H])c([2H])c(-c2cccc3c2[N+](c2cc(C(C)(C)C)cc(C(C)(C)C)c2)=C=[N+]3c2[c-]c(Oc3[c-]c4c(cc3)c3cc(-n5c6ccccc6c6ccccc65)ccc3n4-c3cc(C(C)(C)C)ccn3)ccc2)c([2H])c1[2H].[Pt+2]. The molecule has 3 aromatic heterocycles. The van der Waals surface area contributed by atoms with E-state index in [0.717, 1.165) is 66.7 Å². The van der Waals surface area contributed by atoms with Gasteiger partial charge in [-0.3, -0.25) is 0 Å². The molecular formula is C66H57N5OPt+2. The third kappa shape index (κ3) is 8.43. The zero-order valence-electron chi connectivity index (χ0n) is 47.4. The summed E-state index contributed by atoms with van der Waals surface area (Å²) in [4.78, 5) is 4.97. The number of hydrogen-bond donors (Lipinski definition) is 0. The molecule has 0 unspecified atom stereocenters. The van der Waals surface area contributed by atoms with E-state index in [2.05, 4.69) is 193 Å². The van der Waals surface area contributed by atoms with Crippen molar-refractivity contribution in [3.8, 4) is 34.1 Å². The molecule has 0 atom stereocenters. The Hall–Kier alpha value is -7.62. The maximum atomic E-state index is 9.10. The van der Waals surface area contributed by atoms with Gasteiger partial charge in [-0.2, -0.15) is 12.1 Å². The van der Waals surface area contributed by atoms with Gasteiger partial charge in [0, 0.05) is 57.9 Å². The van der Waals surface area contributed by atoms with E-state index in [0.29, 0.717) is 34.1 Å². The zero-order chi connectivity index (χ0) is 54.0. The van der Waals surface area contributed by atoms with Crippen LogP contribution in [-0.2, 0) is 37.3 Å². The maximum absolute atomic E-state index is 9.10. The Morgan fingerprint density at radius 1 is 0.548 bits per heavy atom. The van der Waals surface area contributed by atoms with Crippen molar-refractivity contribution in [2.75, 3.05) is 0 Å². The van der Waals surface area contributed by atoms with Gasteiger partial charge >= 0.3 is 32.8 Å². The summed E-state index contributed by atoms with van der Waals surface area (Å²) in [6.07, 6.45) is 1.88. The molecule has 73 heavy (non-hydrogen) atoms. The molecule has 7 heteroatoms. The molecule has 1 aliphatic rings. The summed E-state index contributed by atoms with van der Waals surface area (Å²) < 4.78 is 59.0. The summed E-state index contributed by atoms with van der Waals surface area (Å²) in [6.45, 7) is 19.8. The molecule has 360 valence electrons. The summed E-state index contributed by atoms with van der Waals surface area (Å²) in [6, 6.07) is 59.0. The number of pyridine rings is 1. The van der Waals surface area contributed by atoms with Crippen molar-refractivity contribution in [3.63, 3.8) is 0 Å². The van der Waals surface area contributed by atoms with Crippen molar-refractivity contribution in [2.24, 2.45) is 0 Å². The van der Waals surface area contributed by atoms with Gasteiger partial charge in [-0.05, 0) is 97.0 Å². The molecule has 6 nitrogen and oxygen atoms in total. The van der Waals surface area contributed by atoms with Gasteiger partial charge in [-0.25, -0.2) is 4.98 Å². The van der Waals surface area contributed by atoms with Crippen molar-refractivity contribution in [1.29, 1.82) is 0 Å². The van der Waals surface area contributed by atoms with E-state index >= 15 is 0 Å². The molecule has 12 rings (SSSR count). The molecule has 0 spiro atoms. The smallest absolute Gasteiger partial charge is 0.509 e. The van der Waals surface area contributed by atoms with Gasteiger partial charge in [-0.1, -0.05) is 163 Å². The molecule has 0 saturated carbocycles. The van der Waals surface area contributed by atoms with Crippen LogP contribution in [0.15, 0.2) is 182 Å². The van der Waals surface area contributed by atoms with E-state index in [1.54, 1.807) is 0 Å². The van der Waals surface area contributed by atoms with Gasteiger partial charge in [0.25, 0.3) is 5.69 Å². The average molecular weight is 1140 g/mol. The summed E-state index contributed by atoms with van der Waals surface area (Å²) in [7, 11) is 0. The van der Waals surface area contributed by atoms with E-state index in [1.807, 2.05) is 57.8 Å². The van der Waals surface area contributed by atoms with E-state index in [-0.39, 0.29) is 55.0 Å². The first-order valence-electron chi connectivity index (χ1n) is 27.0. The number of rotatable bonds is 7. The van der Waals surface area contributed by atoms with Crippen LogP contribution < -0.4 is 13.9 Å². The molecular weight excluding hydrogens is 1070 g/mol. The molecule has 8 aromatic carbocycles. The normalized spacial score (nSPS) is 13.8. The van der Waals surface area contributed by atoms with E-state index in [1.165, 1.54) is 10.8 Å². The second kappa shape index (κ2) is 17.8. The first-order valence-corrected chi connectivity index (χ1v) is 24.5. The van der Waals surface area contributed by atoms with Crippen LogP contribution in [0.5, 0.6) is 11.5 Å². The number of ether oxygens (including phenoxy) is 1. The molecule has 0 bridgehead atoms. The third-order valence-corrected chi connectivity index (χ3v) is 13.9. The van der Waals surface area contributed by atoms with Crippen LogP contribution in [-0.4, -0.2) is 20.1 Å². The Morgan fingerprint density at radius 2 is 1.19 bits per heavy atom. The van der Waals surface area contributed by atoms with Crippen molar-refractivity contribution in [2.45, 2.75) is 78.6 Å². The molecule has 4 heterocycles. The van der Waals surface area contributed by atoms with Crippen molar-refractivity contribution >= 4 is 72.4 Å². The van der Waals surface area contributed by atoms with Crippen molar-refractivity contribution < 1.29 is 32.7 Å². The zero-order valence-corrected chi connectivity index (χ0v) is 44.7. The largest absolute Gasteiger partial charge is 2.00 e. The van der Waals surface area contributed by atoms with E-state index in [4.69, 9.17) is 16.6 Å². The number of aromatic nitrogens is 3. The van der Waals surface area contributed by atoms with Crippen LogP contribution in [0.3, 0.4) is 0 Å². The molecule has 1 aliphatic heterocycles. The molecule has 0 saturated heterocycles. The number of fused-ring (bicyclic) bond motifs is 7. The predicted molar refractivity (Wildman–Crippen MR) is 299 cm³/mol. The fourth-order valence-corrected chi connectivity index (χ4v) is 10.0. The Balaban J connectivity index is 0.00000645. The summed E-state index contributed by atoms with van der Waals surface area (Å²) in [5.41, 5.74) is 11.3. The number of hydrogen-bond acceptors (Lipinski definition) is 2. The van der Waals surface area contributed by atoms with E-state index in [9.17, 15) is 0 Å². The first kappa shape index (κ1) is 41.9. The third-order valence-electron chi connectivity index (χ3n) is 13.9. The summed E-state index contributed by atoms with van der Waals surface area (Å²) >= 11 is 0. The summed E-state index contributed by atoms with van der Waals surface area (Å²) in [5.74, 6) is 1.70. The van der Waals surface area contributed by atoms with Crippen LogP contribution in [0.2, 0.25) is 0 Å². The number of benzene rings is 8. The Labute approximate surface area is 449 Å². The van der Waals surface area contributed by atoms with Crippen LogP contribution >= 0.6 is 0 Å². The Bertz CT molecular complexity index is 4260. The Kier molecular flexibility index (Phi) is 10.3. The first-order chi connectivity index (χ1) is 36.7. The van der Waals surface area contributed by atoms with E-state index < -0.39 is 18.1 Å².